The summed E-state index contributed by atoms with van der Waals surface area (Å²) in [6, 6.07) is 13.2. The van der Waals surface area contributed by atoms with E-state index in [4.69, 9.17) is 14.7 Å². The van der Waals surface area contributed by atoms with Crippen LogP contribution in [0.15, 0.2) is 60.7 Å². The number of carbonyl (C=O) groups excluding carboxylic acids is 2. The van der Waals surface area contributed by atoms with Crippen LogP contribution in [0.25, 0.3) is 0 Å². The van der Waals surface area contributed by atoms with Crippen LogP contribution in [0.3, 0.4) is 0 Å². The molecule has 0 fully saturated rings. The minimum atomic E-state index is -0.918. The summed E-state index contributed by atoms with van der Waals surface area (Å²) < 4.78 is 10.9. The normalized spacial score (nSPS) is 13.0. The molecule has 0 aliphatic heterocycles. The molecular formula is C20H22N2O6. The maximum atomic E-state index is 12.4. The molecule has 2 aromatic rings. The van der Waals surface area contributed by atoms with E-state index in [1.165, 1.54) is 30.8 Å². The molecule has 4 N–H and O–H groups in total. The van der Waals surface area contributed by atoms with Crippen LogP contribution < -0.4 is 10.8 Å². The Labute approximate surface area is 162 Å². The Morgan fingerprint density at radius 2 is 1.71 bits per heavy atom. The molecule has 0 aliphatic rings. The summed E-state index contributed by atoms with van der Waals surface area (Å²) in [5.74, 6) is -0.702. The third kappa shape index (κ3) is 6.11. The smallest absolute Gasteiger partial charge is 0.412 e. The second-order valence-corrected chi connectivity index (χ2v) is 5.94. The standard InChI is InChI=1S/C20H22N2O6/c1-13-3-7-15(8-4-13)21-20(25)28-19(14-5-9-16(23)10-6-14)17(27-2)11-12-18(24)22-26/h3-12,17,19,23,26H,1-2H3,(H,21,25)(H,22,24)/b12-11+/t17-,19-/m0/s1. The monoisotopic (exact) mass is 386 g/mol. The topological polar surface area (TPSA) is 117 Å². The van der Waals surface area contributed by atoms with Gasteiger partial charge in [0.25, 0.3) is 5.91 Å². The second-order valence-electron chi connectivity index (χ2n) is 5.94. The third-order valence-corrected chi connectivity index (χ3v) is 3.87. The summed E-state index contributed by atoms with van der Waals surface area (Å²) in [4.78, 5) is 23.7. The lowest BCUT2D eigenvalue weighted by molar-refractivity contribution is -0.124. The summed E-state index contributed by atoms with van der Waals surface area (Å²) in [7, 11) is 1.39. The van der Waals surface area contributed by atoms with Gasteiger partial charge in [-0.2, -0.15) is 0 Å². The van der Waals surface area contributed by atoms with E-state index in [-0.39, 0.29) is 5.75 Å². The Morgan fingerprint density at radius 3 is 2.29 bits per heavy atom. The van der Waals surface area contributed by atoms with E-state index in [0.29, 0.717) is 11.3 Å². The van der Waals surface area contributed by atoms with Crippen molar-refractivity contribution in [2.45, 2.75) is 19.1 Å². The van der Waals surface area contributed by atoms with Crippen LogP contribution in [0.2, 0.25) is 0 Å². The number of ether oxygens (including phenoxy) is 2. The highest BCUT2D eigenvalue weighted by atomic mass is 16.6. The number of aromatic hydroxyl groups is 1. The van der Waals surface area contributed by atoms with Crippen molar-refractivity contribution >= 4 is 17.7 Å². The Bertz CT molecular complexity index is 818. The summed E-state index contributed by atoms with van der Waals surface area (Å²) in [5.41, 5.74) is 3.62. The zero-order chi connectivity index (χ0) is 20.5. The van der Waals surface area contributed by atoms with Gasteiger partial charge in [0.15, 0.2) is 6.10 Å². The first-order valence-electron chi connectivity index (χ1n) is 8.41. The van der Waals surface area contributed by atoms with E-state index in [9.17, 15) is 14.7 Å². The van der Waals surface area contributed by atoms with Crippen molar-refractivity contribution < 1.29 is 29.4 Å². The number of anilines is 1. The van der Waals surface area contributed by atoms with Gasteiger partial charge in [-0.15, -0.1) is 0 Å². The van der Waals surface area contributed by atoms with Crippen LogP contribution in [0.5, 0.6) is 5.75 Å². The quantitative estimate of drug-likeness (QED) is 0.330. The van der Waals surface area contributed by atoms with Crippen molar-refractivity contribution in [3.05, 3.63) is 71.8 Å². The minimum Gasteiger partial charge on any atom is -0.508 e. The molecular weight excluding hydrogens is 364 g/mol. The molecule has 2 aromatic carbocycles. The average Bonchev–Trinajstić information content (AvgIpc) is 2.69. The fraction of sp³-hybridized carbons (Fsp3) is 0.200. The van der Waals surface area contributed by atoms with E-state index in [1.807, 2.05) is 19.1 Å². The molecule has 28 heavy (non-hydrogen) atoms. The first-order valence-corrected chi connectivity index (χ1v) is 8.41. The lowest BCUT2D eigenvalue weighted by Gasteiger charge is -2.24. The van der Waals surface area contributed by atoms with Crippen LogP contribution in [-0.4, -0.2) is 35.5 Å². The third-order valence-electron chi connectivity index (χ3n) is 3.87. The van der Waals surface area contributed by atoms with Gasteiger partial charge in [0, 0.05) is 18.9 Å². The molecule has 0 aliphatic carbocycles. The van der Waals surface area contributed by atoms with Gasteiger partial charge >= 0.3 is 6.09 Å². The number of hydrogen-bond acceptors (Lipinski definition) is 6. The molecule has 2 rings (SSSR count). The predicted octanol–water partition coefficient (Wildman–Crippen LogP) is 3.07. The molecule has 0 heterocycles. The number of hydrogen-bond donors (Lipinski definition) is 4. The highest BCUT2D eigenvalue weighted by Gasteiger charge is 2.26. The van der Waals surface area contributed by atoms with Crippen molar-refractivity contribution in [3.63, 3.8) is 0 Å². The van der Waals surface area contributed by atoms with Crippen LogP contribution >= 0.6 is 0 Å². The summed E-state index contributed by atoms with van der Waals surface area (Å²) >= 11 is 0. The number of rotatable bonds is 7. The molecule has 0 bridgehead atoms. The molecule has 8 nitrogen and oxygen atoms in total. The molecule has 148 valence electrons. The summed E-state index contributed by atoms with van der Waals surface area (Å²) in [5, 5.41) is 20.7. The van der Waals surface area contributed by atoms with Gasteiger partial charge in [-0.05, 0) is 42.8 Å². The van der Waals surface area contributed by atoms with Gasteiger partial charge in [-0.25, -0.2) is 10.3 Å². The van der Waals surface area contributed by atoms with Crippen molar-refractivity contribution in [1.29, 1.82) is 0 Å². The van der Waals surface area contributed by atoms with Crippen molar-refractivity contribution in [2.75, 3.05) is 12.4 Å². The van der Waals surface area contributed by atoms with E-state index in [1.54, 1.807) is 24.3 Å². The molecule has 2 atom stereocenters. The number of benzene rings is 2. The molecule has 0 saturated heterocycles. The lowest BCUT2D eigenvalue weighted by Crippen LogP contribution is -2.27. The Kier molecular flexibility index (Phi) is 7.55. The number of hydroxylamine groups is 1. The van der Waals surface area contributed by atoms with Crippen LogP contribution in [0, 0.1) is 6.92 Å². The molecule has 0 radical (unpaired) electrons. The van der Waals surface area contributed by atoms with Crippen LogP contribution in [0.1, 0.15) is 17.2 Å². The van der Waals surface area contributed by atoms with E-state index >= 15 is 0 Å². The minimum absolute atomic E-state index is 0.0516. The average molecular weight is 386 g/mol. The fourth-order valence-electron chi connectivity index (χ4n) is 2.41. The number of carbonyl (C=O) groups is 2. The van der Waals surface area contributed by atoms with Crippen LogP contribution in [0.4, 0.5) is 10.5 Å². The first kappa shape index (κ1) is 20.9. The van der Waals surface area contributed by atoms with Gasteiger partial charge in [0.05, 0.1) is 0 Å². The Balaban J connectivity index is 2.22. The maximum absolute atomic E-state index is 12.4. The highest BCUT2D eigenvalue weighted by molar-refractivity contribution is 5.86. The lowest BCUT2D eigenvalue weighted by atomic mass is 10.0. The van der Waals surface area contributed by atoms with Crippen molar-refractivity contribution in [1.82, 2.24) is 5.48 Å². The molecule has 0 spiro atoms. The summed E-state index contributed by atoms with van der Waals surface area (Å²) in [6.07, 6.45) is -0.0567. The zero-order valence-corrected chi connectivity index (χ0v) is 15.5. The second kappa shape index (κ2) is 10.1. The fourth-order valence-corrected chi connectivity index (χ4v) is 2.41. The molecule has 2 amide bonds. The Hall–Kier alpha value is -3.36. The molecule has 0 saturated carbocycles. The number of nitrogens with one attached hydrogen (secondary N) is 2. The number of aryl methyl sites for hydroxylation is 1. The number of phenols is 1. The maximum Gasteiger partial charge on any atom is 0.412 e. The van der Waals surface area contributed by atoms with E-state index in [2.05, 4.69) is 5.32 Å². The van der Waals surface area contributed by atoms with Crippen molar-refractivity contribution in [2.24, 2.45) is 0 Å². The SMILES string of the molecule is CO[C@@H](/C=C/C(=O)NO)[C@@H](OC(=O)Nc1ccc(C)cc1)c1ccc(O)cc1. The number of amides is 2. The van der Waals surface area contributed by atoms with Crippen molar-refractivity contribution in [3.8, 4) is 5.75 Å². The molecule has 8 heteroatoms. The van der Waals surface area contributed by atoms with Gasteiger partial charge in [-0.3, -0.25) is 15.3 Å². The zero-order valence-electron chi connectivity index (χ0n) is 15.5. The van der Waals surface area contributed by atoms with Gasteiger partial charge in [0.1, 0.15) is 11.9 Å². The largest absolute Gasteiger partial charge is 0.508 e. The van der Waals surface area contributed by atoms with Gasteiger partial charge < -0.3 is 14.6 Å². The summed E-state index contributed by atoms with van der Waals surface area (Å²) in [6.45, 7) is 1.93. The molecule has 0 aromatic heterocycles. The highest BCUT2D eigenvalue weighted by Crippen LogP contribution is 2.27. The van der Waals surface area contributed by atoms with E-state index < -0.39 is 24.2 Å². The van der Waals surface area contributed by atoms with E-state index in [0.717, 1.165) is 11.6 Å². The van der Waals surface area contributed by atoms with Crippen LogP contribution in [-0.2, 0) is 14.3 Å². The molecule has 0 unspecified atom stereocenters. The van der Waals surface area contributed by atoms with Gasteiger partial charge in [0.2, 0.25) is 0 Å². The first-order chi connectivity index (χ1) is 13.4. The number of methoxy groups -OCH3 is 1. The number of phenolic OH excluding ortho intramolecular Hbond substituents is 1. The predicted molar refractivity (Wildman–Crippen MR) is 102 cm³/mol. The Morgan fingerprint density at radius 1 is 1.07 bits per heavy atom. The van der Waals surface area contributed by atoms with Gasteiger partial charge in [-0.1, -0.05) is 29.8 Å².